The predicted molar refractivity (Wildman–Crippen MR) is 92.4 cm³/mol. The number of ether oxygens (including phenoxy) is 3. The van der Waals surface area contributed by atoms with Crippen LogP contribution in [0.4, 0.5) is 19.0 Å². The third kappa shape index (κ3) is 3.32. The van der Waals surface area contributed by atoms with Crippen LogP contribution in [0, 0.1) is 5.92 Å². The Hall–Kier alpha value is -2.38. The number of piperidine rings is 1. The molecular formula is C18H21F3N2O3. The van der Waals surface area contributed by atoms with E-state index in [4.69, 9.17) is 14.2 Å². The molecule has 26 heavy (non-hydrogen) atoms. The Morgan fingerprint density at radius 1 is 1.00 bits per heavy atom. The second kappa shape index (κ2) is 7.09. The van der Waals surface area contributed by atoms with Gasteiger partial charge in [-0.25, -0.2) is 4.98 Å². The van der Waals surface area contributed by atoms with E-state index in [1.165, 1.54) is 14.2 Å². The van der Waals surface area contributed by atoms with Gasteiger partial charge in [0, 0.05) is 19.2 Å². The Morgan fingerprint density at radius 2 is 1.65 bits per heavy atom. The lowest BCUT2D eigenvalue weighted by molar-refractivity contribution is -0.179. The fourth-order valence-electron chi connectivity index (χ4n) is 3.34. The molecule has 2 heterocycles. The maximum absolute atomic E-state index is 12.9. The van der Waals surface area contributed by atoms with Gasteiger partial charge in [0.15, 0.2) is 11.5 Å². The molecule has 1 aliphatic rings. The molecule has 5 nitrogen and oxygen atoms in total. The number of hydrogen-bond donors (Lipinski definition) is 0. The smallest absolute Gasteiger partial charge is 0.391 e. The summed E-state index contributed by atoms with van der Waals surface area (Å²) in [5, 5.41) is 0.720. The number of pyridine rings is 1. The van der Waals surface area contributed by atoms with Crippen molar-refractivity contribution < 1.29 is 27.4 Å². The lowest BCUT2D eigenvalue weighted by atomic mass is 9.96. The Kier molecular flexibility index (Phi) is 5.02. The third-order valence-corrected chi connectivity index (χ3v) is 4.77. The first kappa shape index (κ1) is 18.4. The van der Waals surface area contributed by atoms with Gasteiger partial charge >= 0.3 is 6.18 Å². The van der Waals surface area contributed by atoms with Crippen molar-refractivity contribution in [2.45, 2.75) is 19.0 Å². The van der Waals surface area contributed by atoms with Crippen molar-refractivity contribution >= 4 is 16.7 Å². The zero-order valence-electron chi connectivity index (χ0n) is 14.9. The second-order valence-electron chi connectivity index (χ2n) is 6.18. The summed E-state index contributed by atoms with van der Waals surface area (Å²) in [5.74, 6) is 0.974. The van der Waals surface area contributed by atoms with Gasteiger partial charge in [-0.2, -0.15) is 13.2 Å². The minimum atomic E-state index is -4.13. The first-order chi connectivity index (χ1) is 12.4. The number of fused-ring (bicyclic) bond motifs is 1. The van der Waals surface area contributed by atoms with Crippen LogP contribution in [-0.4, -0.2) is 45.6 Å². The van der Waals surface area contributed by atoms with E-state index in [0.29, 0.717) is 41.7 Å². The summed E-state index contributed by atoms with van der Waals surface area (Å²) in [6.45, 7) is 0.635. The molecule has 1 aliphatic heterocycles. The van der Waals surface area contributed by atoms with Crippen molar-refractivity contribution in [2.24, 2.45) is 5.92 Å². The number of nitrogens with zero attached hydrogens (tertiary/aromatic N) is 2. The van der Waals surface area contributed by atoms with Gasteiger partial charge in [-0.3, -0.25) is 0 Å². The predicted octanol–water partition coefficient (Wildman–Crippen LogP) is 4.04. The lowest BCUT2D eigenvalue weighted by Crippen LogP contribution is -2.39. The zero-order chi connectivity index (χ0) is 18.9. The molecule has 8 heteroatoms. The van der Waals surface area contributed by atoms with Gasteiger partial charge in [0.25, 0.3) is 0 Å². The Labute approximate surface area is 149 Å². The highest BCUT2D eigenvalue weighted by molar-refractivity contribution is 5.93. The number of hydrogen-bond acceptors (Lipinski definition) is 5. The fourth-order valence-corrected chi connectivity index (χ4v) is 3.34. The summed E-state index contributed by atoms with van der Waals surface area (Å²) in [5.41, 5.74) is 0.584. The van der Waals surface area contributed by atoms with E-state index >= 15 is 0 Å². The summed E-state index contributed by atoms with van der Waals surface area (Å²) >= 11 is 0. The molecule has 0 amide bonds. The van der Waals surface area contributed by atoms with Gasteiger partial charge in [-0.15, -0.1) is 0 Å². The van der Waals surface area contributed by atoms with Crippen LogP contribution in [0.2, 0.25) is 0 Å². The van der Waals surface area contributed by atoms with Crippen LogP contribution in [0.15, 0.2) is 18.2 Å². The van der Waals surface area contributed by atoms with E-state index < -0.39 is 12.1 Å². The summed E-state index contributed by atoms with van der Waals surface area (Å²) in [6.07, 6.45) is -3.98. The summed E-state index contributed by atoms with van der Waals surface area (Å²) in [7, 11) is 4.61. The Morgan fingerprint density at radius 3 is 2.19 bits per heavy atom. The average molecular weight is 370 g/mol. The maximum Gasteiger partial charge on any atom is 0.391 e. The van der Waals surface area contributed by atoms with Crippen LogP contribution in [0.25, 0.3) is 10.9 Å². The minimum absolute atomic E-state index is 0.0757. The largest absolute Gasteiger partial charge is 0.494 e. The van der Waals surface area contributed by atoms with Crippen LogP contribution in [0.5, 0.6) is 17.2 Å². The lowest BCUT2D eigenvalue weighted by Gasteiger charge is -2.33. The number of rotatable bonds is 4. The molecular weight excluding hydrogens is 349 g/mol. The van der Waals surface area contributed by atoms with Crippen molar-refractivity contribution in [3.63, 3.8) is 0 Å². The Balaban J connectivity index is 1.95. The van der Waals surface area contributed by atoms with E-state index in [1.54, 1.807) is 19.2 Å². The van der Waals surface area contributed by atoms with E-state index in [1.807, 2.05) is 11.0 Å². The first-order valence-electron chi connectivity index (χ1n) is 8.30. The normalized spacial score (nSPS) is 16.0. The maximum atomic E-state index is 12.9. The van der Waals surface area contributed by atoms with Crippen molar-refractivity contribution in [3.8, 4) is 17.2 Å². The topological polar surface area (TPSA) is 43.8 Å². The zero-order valence-corrected chi connectivity index (χ0v) is 14.9. The second-order valence-corrected chi connectivity index (χ2v) is 6.18. The number of benzene rings is 1. The SMILES string of the molecule is COc1cc(OC)c2nc(N3CCC(C(F)(F)F)CC3)ccc2c1OC. The summed E-state index contributed by atoms with van der Waals surface area (Å²) < 4.78 is 54.7. The standard InChI is InChI=1S/C18H21F3N2O3/c1-24-13-10-14(25-2)17(26-3)12-4-5-15(22-16(12)13)23-8-6-11(7-9-23)18(19,20)21/h4-5,10-11H,6-9H2,1-3H3. The molecule has 142 valence electrons. The van der Waals surface area contributed by atoms with Gasteiger partial charge in [-0.1, -0.05) is 0 Å². The number of methoxy groups -OCH3 is 3. The van der Waals surface area contributed by atoms with Crippen molar-refractivity contribution in [1.82, 2.24) is 4.98 Å². The molecule has 0 N–H and O–H groups in total. The molecule has 1 aromatic heterocycles. The molecule has 0 radical (unpaired) electrons. The first-order valence-corrected chi connectivity index (χ1v) is 8.30. The van der Waals surface area contributed by atoms with E-state index in [2.05, 4.69) is 4.98 Å². The van der Waals surface area contributed by atoms with Crippen molar-refractivity contribution in [3.05, 3.63) is 18.2 Å². The van der Waals surface area contributed by atoms with Gasteiger partial charge in [0.1, 0.15) is 17.1 Å². The van der Waals surface area contributed by atoms with Crippen molar-refractivity contribution in [1.29, 1.82) is 0 Å². The molecule has 1 saturated heterocycles. The highest BCUT2D eigenvalue weighted by atomic mass is 19.4. The summed E-state index contributed by atoms with van der Waals surface area (Å²) in [4.78, 5) is 6.50. The van der Waals surface area contributed by atoms with E-state index in [9.17, 15) is 13.2 Å². The van der Waals surface area contributed by atoms with Crippen LogP contribution >= 0.6 is 0 Å². The minimum Gasteiger partial charge on any atom is -0.494 e. The van der Waals surface area contributed by atoms with Gasteiger partial charge in [0.2, 0.25) is 0 Å². The molecule has 0 spiro atoms. The van der Waals surface area contributed by atoms with Gasteiger partial charge in [-0.05, 0) is 25.0 Å². The quantitative estimate of drug-likeness (QED) is 0.813. The van der Waals surface area contributed by atoms with Gasteiger partial charge < -0.3 is 19.1 Å². The number of aromatic nitrogens is 1. The fraction of sp³-hybridized carbons (Fsp3) is 0.500. The summed E-state index contributed by atoms with van der Waals surface area (Å²) in [6, 6.07) is 5.31. The Bertz CT molecular complexity index is 787. The molecule has 0 unspecified atom stereocenters. The van der Waals surface area contributed by atoms with Crippen LogP contribution in [-0.2, 0) is 0 Å². The number of anilines is 1. The van der Waals surface area contributed by atoms with Crippen LogP contribution in [0.1, 0.15) is 12.8 Å². The molecule has 1 aromatic carbocycles. The molecule has 0 atom stereocenters. The molecule has 0 aliphatic carbocycles. The van der Waals surface area contributed by atoms with E-state index in [0.717, 1.165) is 5.39 Å². The van der Waals surface area contributed by atoms with Crippen molar-refractivity contribution in [2.75, 3.05) is 39.3 Å². The highest BCUT2D eigenvalue weighted by Crippen LogP contribution is 2.42. The van der Waals surface area contributed by atoms with Crippen LogP contribution in [0.3, 0.4) is 0 Å². The molecule has 1 fully saturated rings. The van der Waals surface area contributed by atoms with Gasteiger partial charge in [0.05, 0.1) is 32.6 Å². The molecule has 0 bridgehead atoms. The monoisotopic (exact) mass is 370 g/mol. The molecule has 3 rings (SSSR count). The number of alkyl halides is 3. The average Bonchev–Trinajstić information content (AvgIpc) is 2.65. The third-order valence-electron chi connectivity index (χ3n) is 4.77. The van der Waals surface area contributed by atoms with E-state index in [-0.39, 0.29) is 12.8 Å². The highest BCUT2D eigenvalue weighted by Gasteiger charge is 2.41. The molecule has 0 saturated carbocycles. The molecule has 2 aromatic rings. The van der Waals surface area contributed by atoms with Crippen LogP contribution < -0.4 is 19.1 Å². The number of halogens is 3.